The Morgan fingerprint density at radius 1 is 1.12 bits per heavy atom. The smallest absolute Gasteiger partial charge is 0.222 e. The first-order valence-electron chi connectivity index (χ1n) is 11.1. The predicted octanol–water partition coefficient (Wildman–Crippen LogP) is 5.07. The second-order valence-electron chi connectivity index (χ2n) is 8.54. The summed E-state index contributed by atoms with van der Waals surface area (Å²) in [7, 11) is 0. The lowest BCUT2D eigenvalue weighted by molar-refractivity contribution is 0.296. The molecule has 0 saturated carbocycles. The van der Waals surface area contributed by atoms with Gasteiger partial charge in [0.25, 0.3) is 0 Å². The number of nitrogens with zero attached hydrogens (tertiary/aromatic N) is 3. The van der Waals surface area contributed by atoms with E-state index in [0.29, 0.717) is 24.0 Å². The Bertz CT molecular complexity index is 1260. The number of hydrogen-bond donors (Lipinski definition) is 1. The van der Waals surface area contributed by atoms with Gasteiger partial charge in [0.2, 0.25) is 5.88 Å². The van der Waals surface area contributed by atoms with Crippen molar-refractivity contribution in [2.24, 2.45) is 5.92 Å². The van der Waals surface area contributed by atoms with Crippen LogP contribution in [-0.2, 0) is 13.2 Å². The van der Waals surface area contributed by atoms with E-state index >= 15 is 0 Å². The van der Waals surface area contributed by atoms with Crippen LogP contribution >= 0.6 is 0 Å². The van der Waals surface area contributed by atoms with Crippen molar-refractivity contribution in [2.75, 3.05) is 13.1 Å². The molecule has 0 spiro atoms. The number of fused-ring (bicyclic) bond motifs is 1. The molecule has 0 amide bonds. The Morgan fingerprint density at radius 3 is 2.66 bits per heavy atom. The van der Waals surface area contributed by atoms with Crippen LogP contribution in [0.5, 0.6) is 5.88 Å². The number of aromatic nitrogens is 2. The zero-order valence-corrected chi connectivity index (χ0v) is 18.2. The number of nitriles is 1. The lowest BCUT2D eigenvalue weighted by Crippen LogP contribution is -2.14. The summed E-state index contributed by atoms with van der Waals surface area (Å²) < 4.78 is 8.53. The van der Waals surface area contributed by atoms with E-state index in [9.17, 15) is 5.26 Å². The molecular formula is C27H26N4O. The number of pyridine rings is 1. The molecule has 5 rings (SSSR count). The third kappa shape index (κ3) is 4.23. The summed E-state index contributed by atoms with van der Waals surface area (Å²) in [6, 6.07) is 22.4. The van der Waals surface area contributed by atoms with Crippen LogP contribution in [0.4, 0.5) is 0 Å². The van der Waals surface area contributed by atoms with Gasteiger partial charge < -0.3 is 14.6 Å². The van der Waals surface area contributed by atoms with Crippen molar-refractivity contribution in [1.82, 2.24) is 14.9 Å². The summed E-state index contributed by atoms with van der Waals surface area (Å²) in [5, 5.41) is 12.6. The zero-order chi connectivity index (χ0) is 21.9. The monoisotopic (exact) mass is 422 g/mol. The molecule has 0 radical (unpaired) electrons. The highest BCUT2D eigenvalue weighted by atomic mass is 16.5. The average molecular weight is 423 g/mol. The van der Waals surface area contributed by atoms with Gasteiger partial charge in [-0.2, -0.15) is 5.26 Å². The molecule has 2 aromatic carbocycles. The Kier molecular flexibility index (Phi) is 5.62. The minimum atomic E-state index is 0.455. The number of ether oxygens (including phenoxy) is 1. The molecular weight excluding hydrogens is 396 g/mol. The van der Waals surface area contributed by atoms with Crippen LogP contribution in [0.25, 0.3) is 22.2 Å². The Balaban J connectivity index is 1.52. The maximum Gasteiger partial charge on any atom is 0.222 e. The van der Waals surface area contributed by atoms with E-state index in [0.717, 1.165) is 47.4 Å². The van der Waals surface area contributed by atoms with E-state index in [1.165, 1.54) is 12.0 Å². The van der Waals surface area contributed by atoms with Gasteiger partial charge in [0, 0.05) is 18.3 Å². The lowest BCUT2D eigenvalue weighted by Gasteiger charge is -2.14. The van der Waals surface area contributed by atoms with Gasteiger partial charge >= 0.3 is 0 Å². The van der Waals surface area contributed by atoms with Crippen molar-refractivity contribution in [3.63, 3.8) is 0 Å². The summed E-state index contributed by atoms with van der Waals surface area (Å²) >= 11 is 0. The molecule has 1 atom stereocenters. The van der Waals surface area contributed by atoms with Gasteiger partial charge in [-0.1, -0.05) is 42.0 Å². The third-order valence-electron chi connectivity index (χ3n) is 6.16. The molecule has 5 nitrogen and oxygen atoms in total. The first kappa shape index (κ1) is 20.3. The quantitative estimate of drug-likeness (QED) is 0.471. The highest BCUT2D eigenvalue weighted by molar-refractivity contribution is 5.84. The second kappa shape index (κ2) is 8.86. The normalized spacial score (nSPS) is 15.7. The van der Waals surface area contributed by atoms with Gasteiger partial charge in [0.1, 0.15) is 6.61 Å². The van der Waals surface area contributed by atoms with Crippen LogP contribution in [-0.4, -0.2) is 22.6 Å². The van der Waals surface area contributed by atoms with Crippen LogP contribution in [0.2, 0.25) is 0 Å². The van der Waals surface area contributed by atoms with Crippen molar-refractivity contribution < 1.29 is 4.74 Å². The van der Waals surface area contributed by atoms with Crippen LogP contribution in [0.3, 0.4) is 0 Å². The Labute approximate surface area is 188 Å². The molecule has 2 aromatic heterocycles. The van der Waals surface area contributed by atoms with Gasteiger partial charge in [-0.15, -0.1) is 0 Å². The van der Waals surface area contributed by atoms with Crippen molar-refractivity contribution in [1.29, 1.82) is 5.26 Å². The van der Waals surface area contributed by atoms with Crippen LogP contribution in [0, 0.1) is 24.2 Å². The lowest BCUT2D eigenvalue weighted by atomic mass is 10.0. The van der Waals surface area contributed by atoms with Gasteiger partial charge in [0.15, 0.2) is 0 Å². The molecule has 1 aliphatic heterocycles. The molecule has 1 N–H and O–H groups in total. The standard InChI is InChI=1S/C27H26N4O/c1-19-2-4-21(5-3-19)18-32-27-24(23-8-6-20(15-28)7-9-23)14-26-25(30-27)11-13-31(26)17-22-10-12-29-16-22/h2-9,11,13-14,22,29H,10,12,16-18H2,1H3. The second-order valence-corrected chi connectivity index (χ2v) is 8.54. The summed E-state index contributed by atoms with van der Waals surface area (Å²) in [5.41, 5.74) is 6.96. The van der Waals surface area contributed by atoms with Crippen molar-refractivity contribution in [3.8, 4) is 23.1 Å². The third-order valence-corrected chi connectivity index (χ3v) is 6.16. The minimum absolute atomic E-state index is 0.455. The molecule has 32 heavy (non-hydrogen) atoms. The van der Waals surface area contributed by atoms with Crippen molar-refractivity contribution in [3.05, 3.63) is 83.6 Å². The van der Waals surface area contributed by atoms with Crippen LogP contribution in [0.15, 0.2) is 66.9 Å². The summed E-state index contributed by atoms with van der Waals surface area (Å²) in [6.45, 7) is 5.67. The number of aryl methyl sites for hydroxylation is 1. The Hall–Kier alpha value is -3.62. The maximum absolute atomic E-state index is 9.17. The molecule has 160 valence electrons. The van der Waals surface area contributed by atoms with Crippen LogP contribution in [0.1, 0.15) is 23.1 Å². The van der Waals surface area contributed by atoms with E-state index < -0.39 is 0 Å². The summed E-state index contributed by atoms with van der Waals surface area (Å²) in [5.74, 6) is 1.25. The first-order chi connectivity index (χ1) is 15.7. The SMILES string of the molecule is Cc1ccc(COc2nc3ccn(CC4CCNC4)c3cc2-c2ccc(C#N)cc2)cc1. The first-order valence-corrected chi connectivity index (χ1v) is 11.1. The molecule has 0 bridgehead atoms. The van der Waals surface area contributed by atoms with Gasteiger partial charge in [-0.25, -0.2) is 4.98 Å². The fourth-order valence-corrected chi connectivity index (χ4v) is 4.28. The van der Waals surface area contributed by atoms with E-state index in [4.69, 9.17) is 9.72 Å². The Morgan fingerprint density at radius 2 is 1.94 bits per heavy atom. The maximum atomic E-state index is 9.17. The van der Waals surface area contributed by atoms with E-state index in [-0.39, 0.29) is 0 Å². The molecule has 1 aliphatic rings. The highest BCUT2D eigenvalue weighted by Gasteiger charge is 2.18. The topological polar surface area (TPSA) is 62.9 Å². The molecule has 3 heterocycles. The van der Waals surface area contributed by atoms with Crippen molar-refractivity contribution in [2.45, 2.75) is 26.5 Å². The highest BCUT2D eigenvalue weighted by Crippen LogP contribution is 2.33. The molecule has 1 fully saturated rings. The number of benzene rings is 2. The van der Waals surface area contributed by atoms with Gasteiger partial charge in [0.05, 0.1) is 22.7 Å². The largest absolute Gasteiger partial charge is 0.472 e. The molecule has 1 saturated heterocycles. The summed E-state index contributed by atoms with van der Waals surface area (Å²) in [6.07, 6.45) is 3.33. The average Bonchev–Trinajstić information content (AvgIpc) is 3.48. The number of rotatable bonds is 6. The molecule has 4 aromatic rings. The van der Waals surface area contributed by atoms with Crippen LogP contribution < -0.4 is 10.1 Å². The fourth-order valence-electron chi connectivity index (χ4n) is 4.28. The zero-order valence-electron chi connectivity index (χ0n) is 18.2. The molecule has 5 heteroatoms. The molecule has 1 unspecified atom stereocenters. The summed E-state index contributed by atoms with van der Waals surface area (Å²) in [4.78, 5) is 4.90. The van der Waals surface area contributed by atoms with E-state index in [1.54, 1.807) is 0 Å². The fraction of sp³-hybridized carbons (Fsp3) is 0.259. The van der Waals surface area contributed by atoms with Crippen molar-refractivity contribution >= 4 is 11.0 Å². The number of hydrogen-bond acceptors (Lipinski definition) is 4. The minimum Gasteiger partial charge on any atom is -0.472 e. The van der Waals surface area contributed by atoms with E-state index in [1.807, 2.05) is 24.3 Å². The van der Waals surface area contributed by atoms with Gasteiger partial charge in [-0.3, -0.25) is 0 Å². The molecule has 0 aliphatic carbocycles. The van der Waals surface area contributed by atoms with E-state index in [2.05, 4.69) is 65.5 Å². The van der Waals surface area contributed by atoms with Gasteiger partial charge in [-0.05, 0) is 67.7 Å². The number of nitrogens with one attached hydrogen (secondary N) is 1. The predicted molar refractivity (Wildman–Crippen MR) is 126 cm³/mol.